The maximum Gasteiger partial charge on any atom is 0.261 e. The van der Waals surface area contributed by atoms with Crippen LogP contribution in [-0.2, 0) is 10.0 Å². The van der Waals surface area contributed by atoms with E-state index in [0.29, 0.717) is 5.56 Å². The summed E-state index contributed by atoms with van der Waals surface area (Å²) in [6.45, 7) is 7.09. The van der Waals surface area contributed by atoms with Crippen LogP contribution in [0.5, 0.6) is 0 Å². The van der Waals surface area contributed by atoms with E-state index in [1.807, 2.05) is 13.0 Å². The van der Waals surface area contributed by atoms with Gasteiger partial charge in [0.2, 0.25) is 10.0 Å². The lowest BCUT2D eigenvalue weighted by Crippen LogP contribution is -2.36. The van der Waals surface area contributed by atoms with Crippen molar-refractivity contribution in [2.24, 2.45) is 0 Å². The van der Waals surface area contributed by atoms with E-state index in [-0.39, 0.29) is 46.6 Å². The van der Waals surface area contributed by atoms with Gasteiger partial charge in [0.05, 0.1) is 16.0 Å². The van der Waals surface area contributed by atoms with Crippen LogP contribution in [0.15, 0.2) is 41.3 Å². The van der Waals surface area contributed by atoms with Gasteiger partial charge in [0.15, 0.2) is 0 Å². The van der Waals surface area contributed by atoms with Crippen LogP contribution < -0.4 is 10.0 Å². The van der Waals surface area contributed by atoms with Gasteiger partial charge in [0, 0.05) is 24.7 Å². The largest absolute Gasteiger partial charge is 0.351 e. The molecule has 1 heterocycles. The van der Waals surface area contributed by atoms with E-state index < -0.39 is 21.8 Å². The lowest BCUT2D eigenvalue weighted by Gasteiger charge is -2.17. The standard InChI is InChI=1S/C22H25N3O5S/c1-13(2)25-21(27)17-8-7-16(12-18(17)22(25)28)20(26)23-9-10-24-31(29,30)19-11-14(3)5-6-15(19)4/h5-8,11-13,24H,9-10H2,1-4H3,(H,23,26). The molecule has 164 valence electrons. The monoisotopic (exact) mass is 443 g/mol. The molecule has 3 amide bonds. The normalized spacial score (nSPS) is 13.6. The Morgan fingerprint density at radius 1 is 0.968 bits per heavy atom. The number of amides is 3. The fourth-order valence-corrected chi connectivity index (χ4v) is 4.77. The van der Waals surface area contributed by atoms with Gasteiger partial charge in [0.25, 0.3) is 17.7 Å². The summed E-state index contributed by atoms with van der Waals surface area (Å²) < 4.78 is 27.5. The summed E-state index contributed by atoms with van der Waals surface area (Å²) in [6.07, 6.45) is 0. The molecule has 0 saturated heterocycles. The highest BCUT2D eigenvalue weighted by Gasteiger charge is 2.37. The molecule has 0 unspecified atom stereocenters. The van der Waals surface area contributed by atoms with Crippen LogP contribution in [-0.4, -0.2) is 50.2 Å². The molecule has 0 saturated carbocycles. The number of rotatable bonds is 7. The second kappa shape index (κ2) is 8.60. The quantitative estimate of drug-likeness (QED) is 0.502. The number of hydrogen-bond donors (Lipinski definition) is 2. The van der Waals surface area contributed by atoms with Gasteiger partial charge < -0.3 is 5.32 Å². The number of fused-ring (bicyclic) bond motifs is 1. The summed E-state index contributed by atoms with van der Waals surface area (Å²) >= 11 is 0. The Balaban J connectivity index is 1.62. The minimum absolute atomic E-state index is 0.00490. The molecule has 0 bridgehead atoms. The van der Waals surface area contributed by atoms with Crippen molar-refractivity contribution < 1.29 is 22.8 Å². The maximum absolute atomic E-state index is 12.5. The predicted molar refractivity (Wildman–Crippen MR) is 116 cm³/mol. The van der Waals surface area contributed by atoms with Crippen molar-refractivity contribution in [1.29, 1.82) is 0 Å². The van der Waals surface area contributed by atoms with Crippen LogP contribution in [0.3, 0.4) is 0 Å². The van der Waals surface area contributed by atoms with Gasteiger partial charge in [-0.05, 0) is 63.1 Å². The van der Waals surface area contributed by atoms with Crippen LogP contribution in [0.1, 0.15) is 56.0 Å². The molecule has 1 aliphatic heterocycles. The van der Waals surface area contributed by atoms with Gasteiger partial charge in [-0.1, -0.05) is 12.1 Å². The first-order valence-corrected chi connectivity index (χ1v) is 11.4. The molecule has 31 heavy (non-hydrogen) atoms. The van der Waals surface area contributed by atoms with Gasteiger partial charge in [-0.3, -0.25) is 19.3 Å². The fraction of sp³-hybridized carbons (Fsp3) is 0.318. The van der Waals surface area contributed by atoms with Crippen molar-refractivity contribution in [2.75, 3.05) is 13.1 Å². The highest BCUT2D eigenvalue weighted by Crippen LogP contribution is 2.25. The summed E-state index contributed by atoms with van der Waals surface area (Å²) in [7, 11) is -3.70. The topological polar surface area (TPSA) is 113 Å². The summed E-state index contributed by atoms with van der Waals surface area (Å²) in [4.78, 5) is 38.6. The van der Waals surface area contributed by atoms with E-state index in [9.17, 15) is 22.8 Å². The Morgan fingerprint density at radius 3 is 2.32 bits per heavy atom. The second-order valence-electron chi connectivity index (χ2n) is 7.76. The molecule has 2 N–H and O–H groups in total. The van der Waals surface area contributed by atoms with Crippen molar-refractivity contribution >= 4 is 27.7 Å². The molecule has 0 spiro atoms. The first-order valence-electron chi connectivity index (χ1n) is 9.90. The van der Waals surface area contributed by atoms with E-state index >= 15 is 0 Å². The average molecular weight is 444 g/mol. The number of benzene rings is 2. The van der Waals surface area contributed by atoms with Gasteiger partial charge in [0.1, 0.15) is 0 Å². The Hall–Kier alpha value is -3.04. The van der Waals surface area contributed by atoms with Gasteiger partial charge in [-0.2, -0.15) is 0 Å². The zero-order chi connectivity index (χ0) is 22.9. The van der Waals surface area contributed by atoms with Crippen LogP contribution in [0.2, 0.25) is 0 Å². The first kappa shape index (κ1) is 22.6. The predicted octanol–water partition coefficient (Wildman–Crippen LogP) is 2.02. The van der Waals surface area contributed by atoms with E-state index in [1.165, 1.54) is 18.2 Å². The molecule has 3 rings (SSSR count). The van der Waals surface area contributed by atoms with Crippen LogP contribution in [0, 0.1) is 13.8 Å². The molecular weight excluding hydrogens is 418 g/mol. The third-order valence-electron chi connectivity index (χ3n) is 5.03. The molecule has 0 aliphatic carbocycles. The average Bonchev–Trinajstić information content (AvgIpc) is 2.96. The highest BCUT2D eigenvalue weighted by molar-refractivity contribution is 7.89. The molecule has 2 aromatic carbocycles. The number of carbonyl (C=O) groups is 3. The molecule has 0 atom stereocenters. The van der Waals surface area contributed by atoms with E-state index in [1.54, 1.807) is 32.9 Å². The van der Waals surface area contributed by atoms with Crippen LogP contribution >= 0.6 is 0 Å². The van der Waals surface area contributed by atoms with Crippen molar-refractivity contribution in [3.8, 4) is 0 Å². The molecule has 0 fully saturated rings. The van der Waals surface area contributed by atoms with Crippen molar-refractivity contribution in [1.82, 2.24) is 14.9 Å². The first-order chi connectivity index (χ1) is 14.5. The number of hydrogen-bond acceptors (Lipinski definition) is 5. The molecule has 8 nitrogen and oxygen atoms in total. The van der Waals surface area contributed by atoms with E-state index in [4.69, 9.17) is 0 Å². The Kier molecular flexibility index (Phi) is 6.28. The molecule has 0 radical (unpaired) electrons. The Bertz CT molecular complexity index is 1170. The molecule has 0 aromatic heterocycles. The minimum Gasteiger partial charge on any atom is -0.351 e. The van der Waals surface area contributed by atoms with Crippen molar-refractivity contribution in [3.63, 3.8) is 0 Å². The number of aryl methyl sites for hydroxylation is 2. The van der Waals surface area contributed by atoms with Gasteiger partial charge in [-0.15, -0.1) is 0 Å². The lowest BCUT2D eigenvalue weighted by molar-refractivity contribution is 0.0609. The Labute approximate surface area is 181 Å². The van der Waals surface area contributed by atoms with Crippen LogP contribution in [0.25, 0.3) is 0 Å². The third-order valence-corrected chi connectivity index (χ3v) is 6.64. The van der Waals surface area contributed by atoms with Crippen molar-refractivity contribution in [3.05, 3.63) is 64.2 Å². The smallest absolute Gasteiger partial charge is 0.261 e. The number of carbonyl (C=O) groups excluding carboxylic acids is 3. The van der Waals surface area contributed by atoms with Gasteiger partial charge in [-0.25, -0.2) is 13.1 Å². The zero-order valence-electron chi connectivity index (χ0n) is 17.9. The van der Waals surface area contributed by atoms with Crippen molar-refractivity contribution in [2.45, 2.75) is 38.6 Å². The molecular formula is C22H25N3O5S. The summed E-state index contributed by atoms with van der Waals surface area (Å²) in [5.41, 5.74) is 2.16. The molecule has 1 aliphatic rings. The number of imide groups is 1. The number of sulfonamides is 1. The summed E-state index contributed by atoms with van der Waals surface area (Å²) in [5, 5.41) is 2.62. The third kappa shape index (κ3) is 4.52. The maximum atomic E-state index is 12.5. The highest BCUT2D eigenvalue weighted by atomic mass is 32.2. The van der Waals surface area contributed by atoms with Crippen LogP contribution in [0.4, 0.5) is 0 Å². The zero-order valence-corrected chi connectivity index (χ0v) is 18.7. The number of nitrogens with one attached hydrogen (secondary N) is 2. The molecule has 2 aromatic rings. The SMILES string of the molecule is Cc1ccc(C)c(S(=O)(=O)NCCNC(=O)c2ccc3c(c2)C(=O)N(C(C)C)C3=O)c1. The second-order valence-corrected chi connectivity index (χ2v) is 9.49. The fourth-order valence-electron chi connectivity index (χ4n) is 3.41. The van der Waals surface area contributed by atoms with E-state index in [2.05, 4.69) is 10.0 Å². The summed E-state index contributed by atoms with van der Waals surface area (Å²) in [6, 6.07) is 9.23. The lowest BCUT2D eigenvalue weighted by atomic mass is 10.1. The molecule has 9 heteroatoms. The van der Waals surface area contributed by atoms with E-state index in [0.717, 1.165) is 10.5 Å². The number of nitrogens with zero attached hydrogens (tertiary/aromatic N) is 1. The van der Waals surface area contributed by atoms with Gasteiger partial charge >= 0.3 is 0 Å². The Morgan fingerprint density at radius 2 is 1.65 bits per heavy atom. The summed E-state index contributed by atoms with van der Waals surface area (Å²) in [5.74, 6) is -1.26. The minimum atomic E-state index is -3.70.